The van der Waals surface area contributed by atoms with Gasteiger partial charge in [-0.2, -0.15) is 0 Å². The van der Waals surface area contributed by atoms with E-state index < -0.39 is 0 Å². The van der Waals surface area contributed by atoms with Crippen LogP contribution in [0.2, 0.25) is 0 Å². The van der Waals surface area contributed by atoms with Crippen molar-refractivity contribution in [1.29, 1.82) is 0 Å². The molecule has 0 aromatic heterocycles. The minimum Gasteiger partial charge on any atom is -0.335 e. The first-order valence-corrected chi connectivity index (χ1v) is 8.28. The SMILES string of the molecule is C=C(C(NC(=O)NC1CCCCC1)C(C)(C)C)C(C)(C)C. The second-order valence-corrected chi connectivity index (χ2v) is 8.53. The van der Waals surface area contributed by atoms with Gasteiger partial charge in [0.05, 0.1) is 6.04 Å². The summed E-state index contributed by atoms with van der Waals surface area (Å²) in [6.07, 6.45) is 5.96. The first-order chi connectivity index (χ1) is 9.51. The molecular weight excluding hydrogens is 260 g/mol. The van der Waals surface area contributed by atoms with Crippen LogP contribution in [0.5, 0.6) is 0 Å². The first kappa shape index (κ1) is 18.1. The van der Waals surface area contributed by atoms with Gasteiger partial charge in [0.1, 0.15) is 0 Å². The summed E-state index contributed by atoms with van der Waals surface area (Å²) in [5.74, 6) is 0. The van der Waals surface area contributed by atoms with E-state index >= 15 is 0 Å². The van der Waals surface area contributed by atoms with E-state index in [1.165, 1.54) is 19.3 Å². The average Bonchev–Trinajstić information content (AvgIpc) is 2.34. The molecule has 2 N–H and O–H groups in total. The lowest BCUT2D eigenvalue weighted by molar-refractivity contribution is 0.212. The van der Waals surface area contributed by atoms with E-state index in [1.54, 1.807) is 0 Å². The van der Waals surface area contributed by atoms with Crippen LogP contribution in [0.1, 0.15) is 73.6 Å². The molecule has 1 unspecified atom stereocenters. The van der Waals surface area contributed by atoms with Gasteiger partial charge in [-0.05, 0) is 29.2 Å². The van der Waals surface area contributed by atoms with Crippen molar-refractivity contribution in [1.82, 2.24) is 10.6 Å². The van der Waals surface area contributed by atoms with Gasteiger partial charge in [-0.15, -0.1) is 0 Å². The Balaban J connectivity index is 2.68. The van der Waals surface area contributed by atoms with Crippen molar-refractivity contribution in [2.24, 2.45) is 10.8 Å². The molecule has 0 spiro atoms. The molecule has 1 atom stereocenters. The number of urea groups is 1. The summed E-state index contributed by atoms with van der Waals surface area (Å²) in [5, 5.41) is 6.30. The molecule has 3 heteroatoms. The van der Waals surface area contributed by atoms with Gasteiger partial charge >= 0.3 is 6.03 Å². The summed E-state index contributed by atoms with van der Waals surface area (Å²) in [6.45, 7) is 17.1. The molecule has 21 heavy (non-hydrogen) atoms. The second-order valence-electron chi connectivity index (χ2n) is 8.53. The number of nitrogens with one attached hydrogen (secondary N) is 2. The summed E-state index contributed by atoms with van der Waals surface area (Å²) < 4.78 is 0. The molecule has 1 aliphatic carbocycles. The molecule has 1 aliphatic rings. The van der Waals surface area contributed by atoms with Crippen LogP contribution >= 0.6 is 0 Å². The van der Waals surface area contributed by atoms with Gasteiger partial charge in [0.2, 0.25) is 0 Å². The van der Waals surface area contributed by atoms with Crippen molar-refractivity contribution in [2.75, 3.05) is 0 Å². The van der Waals surface area contributed by atoms with E-state index in [0.29, 0.717) is 6.04 Å². The minimum atomic E-state index is -0.0489. The highest BCUT2D eigenvalue weighted by atomic mass is 16.2. The lowest BCUT2D eigenvalue weighted by atomic mass is 9.73. The maximum atomic E-state index is 12.3. The Morgan fingerprint density at radius 3 is 2.00 bits per heavy atom. The monoisotopic (exact) mass is 294 g/mol. The van der Waals surface area contributed by atoms with Gasteiger partial charge in [0, 0.05) is 6.04 Å². The quantitative estimate of drug-likeness (QED) is 0.732. The van der Waals surface area contributed by atoms with E-state index in [0.717, 1.165) is 18.4 Å². The molecule has 1 fully saturated rings. The lowest BCUT2D eigenvalue weighted by Crippen LogP contribution is -2.52. The number of hydrogen-bond donors (Lipinski definition) is 2. The van der Waals surface area contributed by atoms with E-state index in [9.17, 15) is 4.79 Å². The molecule has 3 nitrogen and oxygen atoms in total. The summed E-state index contributed by atoms with van der Waals surface area (Å²) in [4.78, 5) is 12.3. The zero-order chi connectivity index (χ0) is 16.3. The number of rotatable bonds is 3. The zero-order valence-electron chi connectivity index (χ0n) is 14.8. The normalized spacial score (nSPS) is 19.0. The zero-order valence-corrected chi connectivity index (χ0v) is 14.8. The van der Waals surface area contributed by atoms with Crippen LogP contribution in [0, 0.1) is 10.8 Å². The molecule has 1 rings (SSSR count). The number of amides is 2. The first-order valence-electron chi connectivity index (χ1n) is 8.28. The third-order valence-corrected chi connectivity index (χ3v) is 4.39. The standard InChI is InChI=1S/C18H34N2O/c1-13(17(2,3)4)15(18(5,6)7)20-16(21)19-14-11-9-8-10-12-14/h14-15H,1,8-12H2,2-7H3,(H2,19,20,21). The number of carbonyl (C=O) groups is 1. The molecule has 0 aliphatic heterocycles. The molecule has 0 saturated heterocycles. The smallest absolute Gasteiger partial charge is 0.315 e. The van der Waals surface area contributed by atoms with Gasteiger partial charge in [-0.25, -0.2) is 4.79 Å². The van der Waals surface area contributed by atoms with Crippen LogP contribution in [0.15, 0.2) is 12.2 Å². The van der Waals surface area contributed by atoms with E-state index in [-0.39, 0.29) is 22.9 Å². The lowest BCUT2D eigenvalue weighted by Gasteiger charge is -2.39. The Bertz CT molecular complexity index is 368. The van der Waals surface area contributed by atoms with Crippen LogP contribution in [-0.4, -0.2) is 18.1 Å². The van der Waals surface area contributed by atoms with Gasteiger partial charge in [0.25, 0.3) is 0 Å². The highest BCUT2D eigenvalue weighted by Gasteiger charge is 2.34. The number of hydrogen-bond acceptors (Lipinski definition) is 1. The van der Waals surface area contributed by atoms with Gasteiger partial charge in [-0.1, -0.05) is 67.4 Å². The number of carbonyl (C=O) groups excluding carboxylic acids is 1. The van der Waals surface area contributed by atoms with Crippen LogP contribution < -0.4 is 10.6 Å². The van der Waals surface area contributed by atoms with Crippen LogP contribution in [0.25, 0.3) is 0 Å². The molecular formula is C18H34N2O. The Morgan fingerprint density at radius 2 is 1.57 bits per heavy atom. The fourth-order valence-electron chi connectivity index (χ4n) is 2.86. The topological polar surface area (TPSA) is 41.1 Å². The molecule has 122 valence electrons. The molecule has 1 saturated carbocycles. The Labute approximate surface area is 131 Å². The van der Waals surface area contributed by atoms with Crippen molar-refractivity contribution >= 4 is 6.03 Å². The van der Waals surface area contributed by atoms with Crippen molar-refractivity contribution in [3.05, 3.63) is 12.2 Å². The van der Waals surface area contributed by atoms with Crippen molar-refractivity contribution in [3.63, 3.8) is 0 Å². The van der Waals surface area contributed by atoms with Crippen molar-refractivity contribution in [2.45, 2.75) is 85.7 Å². The van der Waals surface area contributed by atoms with Crippen LogP contribution in [-0.2, 0) is 0 Å². The van der Waals surface area contributed by atoms with Crippen LogP contribution in [0.3, 0.4) is 0 Å². The summed E-state index contributed by atoms with van der Waals surface area (Å²) in [5.41, 5.74) is 1.01. The van der Waals surface area contributed by atoms with Gasteiger partial charge in [-0.3, -0.25) is 0 Å². The summed E-state index contributed by atoms with van der Waals surface area (Å²) in [7, 11) is 0. The highest BCUT2D eigenvalue weighted by Crippen LogP contribution is 2.34. The van der Waals surface area contributed by atoms with Gasteiger partial charge in [0.15, 0.2) is 0 Å². The fourth-order valence-corrected chi connectivity index (χ4v) is 2.86. The molecule has 2 amide bonds. The fraction of sp³-hybridized carbons (Fsp3) is 0.833. The van der Waals surface area contributed by atoms with E-state index in [1.807, 2.05) is 0 Å². The Hall–Kier alpha value is -0.990. The Morgan fingerprint density at radius 1 is 1.05 bits per heavy atom. The van der Waals surface area contributed by atoms with E-state index in [4.69, 9.17) is 0 Å². The third kappa shape index (κ3) is 5.72. The highest BCUT2D eigenvalue weighted by molar-refractivity contribution is 5.75. The summed E-state index contributed by atoms with van der Waals surface area (Å²) in [6, 6.07) is 0.260. The second kappa shape index (κ2) is 6.85. The third-order valence-electron chi connectivity index (χ3n) is 4.39. The maximum Gasteiger partial charge on any atom is 0.315 e. The van der Waals surface area contributed by atoms with E-state index in [2.05, 4.69) is 58.8 Å². The van der Waals surface area contributed by atoms with Crippen LogP contribution in [0.4, 0.5) is 4.79 Å². The minimum absolute atomic E-state index is 0.0178. The predicted molar refractivity (Wildman–Crippen MR) is 90.4 cm³/mol. The largest absolute Gasteiger partial charge is 0.335 e. The molecule has 0 aromatic rings. The van der Waals surface area contributed by atoms with Gasteiger partial charge < -0.3 is 10.6 Å². The average molecular weight is 294 g/mol. The molecule has 0 heterocycles. The predicted octanol–water partition coefficient (Wildman–Crippen LogP) is 4.64. The summed E-state index contributed by atoms with van der Waals surface area (Å²) >= 11 is 0. The van der Waals surface area contributed by atoms with Crippen molar-refractivity contribution < 1.29 is 4.79 Å². The van der Waals surface area contributed by atoms with Crippen molar-refractivity contribution in [3.8, 4) is 0 Å². The molecule has 0 radical (unpaired) electrons. The maximum absolute atomic E-state index is 12.3. The molecule has 0 aromatic carbocycles. The molecule has 0 bridgehead atoms. The Kier molecular flexibility index (Phi) is 5.89.